The Bertz CT molecular complexity index is 634. The van der Waals surface area contributed by atoms with Crippen molar-refractivity contribution in [2.45, 2.75) is 11.8 Å². The van der Waals surface area contributed by atoms with Gasteiger partial charge in [0.15, 0.2) is 0 Å². The van der Waals surface area contributed by atoms with E-state index in [0.717, 1.165) is 5.56 Å². The van der Waals surface area contributed by atoms with Gasteiger partial charge in [-0.1, -0.05) is 29.3 Å². The van der Waals surface area contributed by atoms with E-state index in [1.807, 2.05) is 6.92 Å². The first-order chi connectivity index (χ1) is 8.47. The summed E-state index contributed by atoms with van der Waals surface area (Å²) in [5.41, 5.74) is 1.37. The molecule has 0 unspecified atom stereocenters. The van der Waals surface area contributed by atoms with Crippen molar-refractivity contribution in [3.05, 3.63) is 59.1 Å². The standard InChI is InChI=1S/C13H11ClNO2S/c1-10-2-8-13(9-3-10)18(16,17)15-12-6-4-11(14)5-7-12/h2-6,8-9,15H,1H3. The Morgan fingerprint density at radius 3 is 2.33 bits per heavy atom. The zero-order valence-corrected chi connectivity index (χ0v) is 11.2. The highest BCUT2D eigenvalue weighted by atomic mass is 35.5. The number of sulfonamides is 1. The molecule has 1 radical (unpaired) electrons. The molecule has 0 amide bonds. The van der Waals surface area contributed by atoms with Crippen LogP contribution in [-0.4, -0.2) is 8.42 Å². The molecule has 0 fully saturated rings. The smallest absolute Gasteiger partial charge is 0.261 e. The largest absolute Gasteiger partial charge is 0.279 e. The zero-order chi connectivity index (χ0) is 13.2. The molecule has 0 aliphatic carbocycles. The number of hydrogen-bond donors (Lipinski definition) is 1. The maximum atomic E-state index is 12.0. The van der Waals surface area contributed by atoms with Crippen LogP contribution in [0.3, 0.4) is 0 Å². The first-order valence-electron chi connectivity index (χ1n) is 5.24. The molecule has 0 aliphatic heterocycles. The van der Waals surface area contributed by atoms with Crippen molar-refractivity contribution in [2.24, 2.45) is 0 Å². The molecule has 2 rings (SSSR count). The predicted octanol–water partition coefficient (Wildman–Crippen LogP) is 3.25. The summed E-state index contributed by atoms with van der Waals surface area (Å²) in [4.78, 5) is 0.219. The van der Waals surface area contributed by atoms with Crippen molar-refractivity contribution in [1.82, 2.24) is 0 Å². The van der Waals surface area contributed by atoms with Gasteiger partial charge in [0.2, 0.25) is 0 Å². The normalized spacial score (nSPS) is 11.2. The van der Waals surface area contributed by atoms with Crippen molar-refractivity contribution in [2.75, 3.05) is 4.72 Å². The highest BCUT2D eigenvalue weighted by molar-refractivity contribution is 7.92. The molecule has 0 spiro atoms. The number of benzene rings is 2. The molecule has 5 heteroatoms. The van der Waals surface area contributed by atoms with Crippen LogP contribution in [0.1, 0.15) is 5.56 Å². The third kappa shape index (κ3) is 3.03. The van der Waals surface area contributed by atoms with Crippen LogP contribution in [0, 0.1) is 13.0 Å². The van der Waals surface area contributed by atoms with E-state index in [-0.39, 0.29) is 4.90 Å². The molecule has 1 N–H and O–H groups in total. The van der Waals surface area contributed by atoms with Crippen LogP contribution >= 0.6 is 11.6 Å². The number of rotatable bonds is 3. The summed E-state index contributed by atoms with van der Waals surface area (Å²) in [6.45, 7) is 1.90. The van der Waals surface area contributed by atoms with E-state index in [0.29, 0.717) is 10.7 Å². The summed E-state index contributed by atoms with van der Waals surface area (Å²) in [7, 11) is -3.57. The van der Waals surface area contributed by atoms with Crippen LogP contribution in [0.5, 0.6) is 0 Å². The monoisotopic (exact) mass is 280 g/mol. The van der Waals surface area contributed by atoms with Gasteiger partial charge >= 0.3 is 0 Å². The van der Waals surface area contributed by atoms with Gasteiger partial charge in [-0.25, -0.2) is 8.42 Å². The molecule has 0 heterocycles. The van der Waals surface area contributed by atoms with Gasteiger partial charge in [-0.3, -0.25) is 4.72 Å². The zero-order valence-electron chi connectivity index (χ0n) is 9.64. The van der Waals surface area contributed by atoms with E-state index in [9.17, 15) is 8.42 Å². The van der Waals surface area contributed by atoms with Crippen molar-refractivity contribution >= 4 is 27.3 Å². The van der Waals surface area contributed by atoms with Gasteiger partial charge in [0.1, 0.15) is 0 Å². The van der Waals surface area contributed by atoms with E-state index in [1.165, 1.54) is 6.07 Å². The lowest BCUT2D eigenvalue weighted by atomic mass is 10.2. The molecule has 93 valence electrons. The molecule has 2 aromatic rings. The van der Waals surface area contributed by atoms with Gasteiger partial charge in [-0.15, -0.1) is 0 Å². The Morgan fingerprint density at radius 1 is 1.11 bits per heavy atom. The van der Waals surface area contributed by atoms with E-state index in [4.69, 9.17) is 11.6 Å². The minimum absolute atomic E-state index is 0.219. The fourth-order valence-electron chi connectivity index (χ4n) is 1.39. The van der Waals surface area contributed by atoms with Crippen LogP contribution in [0.2, 0.25) is 5.02 Å². The first kappa shape index (κ1) is 12.9. The minimum Gasteiger partial charge on any atom is -0.279 e. The second kappa shape index (κ2) is 5.00. The maximum absolute atomic E-state index is 12.0. The predicted molar refractivity (Wildman–Crippen MR) is 72.3 cm³/mol. The van der Waals surface area contributed by atoms with Gasteiger partial charge in [-0.2, -0.15) is 0 Å². The van der Waals surface area contributed by atoms with Crippen LogP contribution in [-0.2, 0) is 10.0 Å². The molecule has 0 aromatic heterocycles. The minimum atomic E-state index is -3.57. The summed E-state index contributed by atoms with van der Waals surface area (Å²) >= 11 is 5.71. The van der Waals surface area contributed by atoms with Crippen molar-refractivity contribution in [3.63, 3.8) is 0 Å². The first-order valence-corrected chi connectivity index (χ1v) is 7.10. The Balaban J connectivity index is 2.27. The average Bonchev–Trinajstić information content (AvgIpc) is 2.32. The van der Waals surface area contributed by atoms with Gasteiger partial charge in [0.25, 0.3) is 10.0 Å². The summed E-state index contributed by atoms with van der Waals surface area (Å²) < 4.78 is 26.5. The van der Waals surface area contributed by atoms with Crippen molar-refractivity contribution in [1.29, 1.82) is 0 Å². The van der Waals surface area contributed by atoms with E-state index in [2.05, 4.69) is 10.8 Å². The highest BCUT2D eigenvalue weighted by Gasteiger charge is 2.13. The quantitative estimate of drug-likeness (QED) is 0.938. The molecular weight excluding hydrogens is 270 g/mol. The third-order valence-corrected chi connectivity index (χ3v) is 3.97. The molecule has 2 aromatic carbocycles. The second-order valence-corrected chi connectivity index (χ2v) is 5.96. The van der Waals surface area contributed by atoms with Crippen LogP contribution < -0.4 is 4.72 Å². The number of anilines is 1. The number of hydrogen-bond acceptors (Lipinski definition) is 2. The fraction of sp³-hybridized carbons (Fsp3) is 0.0769. The average molecular weight is 281 g/mol. The van der Waals surface area contributed by atoms with Crippen LogP contribution in [0.25, 0.3) is 0 Å². The van der Waals surface area contributed by atoms with Gasteiger partial charge in [0, 0.05) is 11.1 Å². The fourth-order valence-corrected chi connectivity index (χ4v) is 2.54. The van der Waals surface area contributed by atoms with Gasteiger partial charge < -0.3 is 0 Å². The summed E-state index contributed by atoms with van der Waals surface area (Å²) in [6.07, 6.45) is 0. The molecule has 3 nitrogen and oxygen atoms in total. The Hall–Kier alpha value is -1.52. The number of aryl methyl sites for hydroxylation is 1. The lowest BCUT2D eigenvalue weighted by Crippen LogP contribution is -2.12. The number of nitrogens with one attached hydrogen (secondary N) is 1. The maximum Gasteiger partial charge on any atom is 0.261 e. The van der Waals surface area contributed by atoms with Crippen LogP contribution in [0.4, 0.5) is 5.69 Å². The molecule has 0 atom stereocenters. The summed E-state index contributed by atoms with van der Waals surface area (Å²) in [6, 6.07) is 14.1. The van der Waals surface area contributed by atoms with E-state index < -0.39 is 10.0 Å². The summed E-state index contributed by atoms with van der Waals surface area (Å²) in [5.74, 6) is 0. The molecule has 0 saturated heterocycles. The molecular formula is C13H11ClNO2S. The third-order valence-electron chi connectivity index (χ3n) is 2.35. The highest BCUT2D eigenvalue weighted by Crippen LogP contribution is 2.18. The van der Waals surface area contributed by atoms with E-state index >= 15 is 0 Å². The van der Waals surface area contributed by atoms with Gasteiger partial charge in [-0.05, 0) is 37.3 Å². The van der Waals surface area contributed by atoms with E-state index in [1.54, 1.807) is 36.4 Å². The molecule has 0 bridgehead atoms. The topological polar surface area (TPSA) is 46.2 Å². The molecule has 18 heavy (non-hydrogen) atoms. The van der Waals surface area contributed by atoms with Crippen LogP contribution in [0.15, 0.2) is 47.4 Å². The molecule has 0 aliphatic rings. The Morgan fingerprint density at radius 2 is 1.78 bits per heavy atom. The van der Waals surface area contributed by atoms with Gasteiger partial charge in [0.05, 0.1) is 10.6 Å². The SMILES string of the molecule is Cc1ccc(S(=O)(=O)Nc2[c]cc(Cl)cc2)cc1. The second-order valence-electron chi connectivity index (χ2n) is 3.84. The summed E-state index contributed by atoms with van der Waals surface area (Å²) in [5, 5.41) is 0.508. The van der Waals surface area contributed by atoms with Crippen molar-refractivity contribution < 1.29 is 8.42 Å². The number of halogens is 1. The van der Waals surface area contributed by atoms with Crippen molar-refractivity contribution in [3.8, 4) is 0 Å². The Kier molecular flexibility index (Phi) is 3.59. The Labute approximate surface area is 111 Å². The molecule has 0 saturated carbocycles. The lowest BCUT2D eigenvalue weighted by molar-refractivity contribution is 0.601. The lowest BCUT2D eigenvalue weighted by Gasteiger charge is -2.07.